The van der Waals surface area contributed by atoms with Gasteiger partial charge in [-0.15, -0.1) is 0 Å². The van der Waals surface area contributed by atoms with Crippen molar-refractivity contribution in [3.05, 3.63) is 59.7 Å². The largest absolute Gasteiger partial charge is 0.494 e. The highest BCUT2D eigenvalue weighted by Crippen LogP contribution is 2.20. The summed E-state index contributed by atoms with van der Waals surface area (Å²) in [5, 5.41) is 2.73. The fourth-order valence-electron chi connectivity index (χ4n) is 2.61. The molecule has 2 aromatic rings. The lowest BCUT2D eigenvalue weighted by Crippen LogP contribution is -2.21. The van der Waals surface area contributed by atoms with E-state index in [1.54, 1.807) is 0 Å². The van der Waals surface area contributed by atoms with Crippen molar-refractivity contribution in [2.45, 2.75) is 39.5 Å². The minimum atomic E-state index is -0.411. The van der Waals surface area contributed by atoms with Crippen LogP contribution in [0.1, 0.15) is 44.2 Å². The van der Waals surface area contributed by atoms with Crippen molar-refractivity contribution in [1.29, 1.82) is 0 Å². The predicted molar refractivity (Wildman–Crippen MR) is 106 cm³/mol. The molecule has 144 valence electrons. The third kappa shape index (κ3) is 6.77. The quantitative estimate of drug-likeness (QED) is 0.669. The summed E-state index contributed by atoms with van der Waals surface area (Å²) in [4.78, 5) is 23.9. The molecule has 0 aliphatic rings. The van der Waals surface area contributed by atoms with Crippen LogP contribution in [0.25, 0.3) is 0 Å². The van der Waals surface area contributed by atoms with Crippen molar-refractivity contribution in [3.63, 3.8) is 0 Å². The molecule has 0 saturated carbocycles. The van der Waals surface area contributed by atoms with Crippen molar-refractivity contribution in [2.24, 2.45) is 0 Å². The molecule has 2 aromatic carbocycles. The van der Waals surface area contributed by atoms with Crippen LogP contribution in [0.3, 0.4) is 0 Å². The summed E-state index contributed by atoms with van der Waals surface area (Å²) in [6.07, 6.45) is 0.702. The Kier molecular flexibility index (Phi) is 7.86. The van der Waals surface area contributed by atoms with Crippen LogP contribution < -0.4 is 10.1 Å². The van der Waals surface area contributed by atoms with Crippen LogP contribution in [0.15, 0.2) is 48.5 Å². The monoisotopic (exact) mass is 369 g/mol. The van der Waals surface area contributed by atoms with Gasteiger partial charge in [0.05, 0.1) is 6.61 Å². The molecular formula is C22H27NO4. The van der Waals surface area contributed by atoms with Gasteiger partial charge in [-0.3, -0.25) is 9.59 Å². The number of hydrogen-bond acceptors (Lipinski definition) is 4. The first-order valence-electron chi connectivity index (χ1n) is 9.25. The molecule has 0 radical (unpaired) electrons. The fourth-order valence-corrected chi connectivity index (χ4v) is 2.61. The van der Waals surface area contributed by atoms with Gasteiger partial charge in [-0.1, -0.05) is 44.2 Å². The number of esters is 1. The Hall–Kier alpha value is -2.82. The number of para-hydroxylation sites is 1. The Morgan fingerprint density at radius 2 is 1.74 bits per heavy atom. The molecule has 5 heteroatoms. The molecule has 0 bridgehead atoms. The average molecular weight is 369 g/mol. The highest BCUT2D eigenvalue weighted by molar-refractivity contribution is 5.92. The standard InChI is InChI=1S/C22H27NO4/c1-4-26-20-8-6-5-7-18(20)11-14-22(25)27-15-21(24)23-19-12-9-17(10-13-19)16(2)3/h5-10,12-13,16H,4,11,14-15H2,1-3H3,(H,23,24). The first-order chi connectivity index (χ1) is 13.0. The van der Waals surface area contributed by atoms with Crippen molar-refractivity contribution < 1.29 is 19.1 Å². The van der Waals surface area contributed by atoms with Gasteiger partial charge in [0.2, 0.25) is 0 Å². The molecule has 5 nitrogen and oxygen atoms in total. The molecule has 0 saturated heterocycles. The van der Waals surface area contributed by atoms with E-state index in [0.717, 1.165) is 11.3 Å². The van der Waals surface area contributed by atoms with Gasteiger partial charge in [-0.05, 0) is 48.6 Å². The maximum Gasteiger partial charge on any atom is 0.306 e. The summed E-state index contributed by atoms with van der Waals surface area (Å²) < 4.78 is 10.6. The lowest BCUT2D eigenvalue weighted by atomic mass is 10.0. The van der Waals surface area contributed by atoms with Gasteiger partial charge in [-0.2, -0.15) is 0 Å². The SMILES string of the molecule is CCOc1ccccc1CCC(=O)OCC(=O)Nc1ccc(C(C)C)cc1. The van der Waals surface area contributed by atoms with Gasteiger partial charge in [-0.25, -0.2) is 0 Å². The molecule has 0 unspecified atom stereocenters. The molecule has 0 aliphatic heterocycles. The summed E-state index contributed by atoms with van der Waals surface area (Å²) in [6, 6.07) is 15.2. The first-order valence-corrected chi connectivity index (χ1v) is 9.25. The molecule has 27 heavy (non-hydrogen) atoms. The van der Waals surface area contributed by atoms with Crippen LogP contribution in [0.2, 0.25) is 0 Å². The van der Waals surface area contributed by atoms with E-state index in [9.17, 15) is 9.59 Å². The number of amides is 1. The molecule has 0 aromatic heterocycles. The Morgan fingerprint density at radius 3 is 2.41 bits per heavy atom. The van der Waals surface area contributed by atoms with Crippen molar-refractivity contribution in [2.75, 3.05) is 18.5 Å². The number of ether oxygens (including phenoxy) is 2. The van der Waals surface area contributed by atoms with Gasteiger partial charge in [0, 0.05) is 12.1 Å². The summed E-state index contributed by atoms with van der Waals surface area (Å²) >= 11 is 0. The Labute approximate surface area is 160 Å². The van der Waals surface area contributed by atoms with Gasteiger partial charge in [0.15, 0.2) is 6.61 Å². The van der Waals surface area contributed by atoms with Crippen molar-refractivity contribution >= 4 is 17.6 Å². The maximum absolute atomic E-state index is 11.9. The minimum absolute atomic E-state index is 0.195. The molecule has 2 rings (SSSR count). The lowest BCUT2D eigenvalue weighted by Gasteiger charge is -2.10. The van der Waals surface area contributed by atoms with Crippen LogP contribution >= 0.6 is 0 Å². The number of carbonyl (C=O) groups is 2. The Balaban J connectivity index is 1.75. The van der Waals surface area contributed by atoms with Crippen LogP contribution in [0.4, 0.5) is 5.69 Å². The first kappa shape index (κ1) is 20.5. The number of aryl methyl sites for hydroxylation is 1. The zero-order valence-corrected chi connectivity index (χ0v) is 16.2. The molecular weight excluding hydrogens is 342 g/mol. The highest BCUT2D eigenvalue weighted by Gasteiger charge is 2.10. The van der Waals surface area contributed by atoms with E-state index in [2.05, 4.69) is 19.2 Å². The second-order valence-electron chi connectivity index (χ2n) is 6.53. The zero-order valence-electron chi connectivity index (χ0n) is 16.2. The van der Waals surface area contributed by atoms with E-state index < -0.39 is 5.97 Å². The van der Waals surface area contributed by atoms with Gasteiger partial charge in [0.25, 0.3) is 5.91 Å². The third-order valence-corrected chi connectivity index (χ3v) is 4.10. The molecule has 0 atom stereocenters. The number of hydrogen-bond donors (Lipinski definition) is 1. The smallest absolute Gasteiger partial charge is 0.306 e. The maximum atomic E-state index is 11.9. The third-order valence-electron chi connectivity index (χ3n) is 4.10. The molecule has 0 aliphatic carbocycles. The second-order valence-corrected chi connectivity index (χ2v) is 6.53. The normalized spacial score (nSPS) is 10.5. The van der Waals surface area contributed by atoms with E-state index in [0.29, 0.717) is 24.6 Å². The summed E-state index contributed by atoms with van der Waals surface area (Å²) in [5.74, 6) is 0.445. The number of nitrogens with one attached hydrogen (secondary N) is 1. The highest BCUT2D eigenvalue weighted by atomic mass is 16.5. The van der Waals surface area contributed by atoms with E-state index in [1.165, 1.54) is 5.56 Å². The summed E-state index contributed by atoms with van der Waals surface area (Å²) in [7, 11) is 0. The molecule has 0 heterocycles. The molecule has 1 N–H and O–H groups in total. The molecule has 0 spiro atoms. The average Bonchev–Trinajstić information content (AvgIpc) is 2.66. The van der Waals surface area contributed by atoms with Gasteiger partial charge < -0.3 is 14.8 Å². The van der Waals surface area contributed by atoms with Crippen LogP contribution in [-0.4, -0.2) is 25.1 Å². The minimum Gasteiger partial charge on any atom is -0.494 e. The van der Waals surface area contributed by atoms with Gasteiger partial charge >= 0.3 is 5.97 Å². The van der Waals surface area contributed by atoms with Crippen LogP contribution in [0, 0.1) is 0 Å². The van der Waals surface area contributed by atoms with E-state index in [-0.39, 0.29) is 18.9 Å². The zero-order chi connectivity index (χ0) is 19.6. The van der Waals surface area contributed by atoms with E-state index >= 15 is 0 Å². The van der Waals surface area contributed by atoms with Crippen molar-refractivity contribution in [1.82, 2.24) is 0 Å². The Morgan fingerprint density at radius 1 is 1.04 bits per heavy atom. The Bertz CT molecular complexity index is 753. The van der Waals surface area contributed by atoms with Crippen molar-refractivity contribution in [3.8, 4) is 5.75 Å². The fraction of sp³-hybridized carbons (Fsp3) is 0.364. The number of anilines is 1. The number of rotatable bonds is 9. The lowest BCUT2D eigenvalue weighted by molar-refractivity contribution is -0.147. The predicted octanol–water partition coefficient (Wildman–Crippen LogP) is 4.32. The summed E-state index contributed by atoms with van der Waals surface area (Å²) in [6.45, 7) is 6.41. The van der Waals surface area contributed by atoms with Crippen LogP contribution in [0.5, 0.6) is 5.75 Å². The summed E-state index contributed by atoms with van der Waals surface area (Å²) in [5.41, 5.74) is 2.84. The number of benzene rings is 2. The molecule has 0 fully saturated rings. The van der Waals surface area contributed by atoms with Crippen LogP contribution in [-0.2, 0) is 20.7 Å². The molecule has 1 amide bonds. The number of carbonyl (C=O) groups excluding carboxylic acids is 2. The van der Waals surface area contributed by atoms with E-state index in [4.69, 9.17) is 9.47 Å². The van der Waals surface area contributed by atoms with Gasteiger partial charge in [0.1, 0.15) is 5.75 Å². The topological polar surface area (TPSA) is 64.6 Å². The van der Waals surface area contributed by atoms with E-state index in [1.807, 2.05) is 55.5 Å². The second kappa shape index (κ2) is 10.4.